The SMILES string of the molecule is COc1ccccc1NC(=O)c1ccccc1SCc1cccs1. The number of thioether (sulfide) groups is 1. The predicted octanol–water partition coefficient (Wildman–Crippen LogP) is 5.30. The molecule has 0 aliphatic heterocycles. The first-order chi connectivity index (χ1) is 11.8. The molecule has 24 heavy (non-hydrogen) atoms. The van der Waals surface area contributed by atoms with Crippen LogP contribution in [0.4, 0.5) is 5.69 Å². The number of amides is 1. The zero-order chi connectivity index (χ0) is 16.8. The number of rotatable bonds is 6. The zero-order valence-corrected chi connectivity index (χ0v) is 14.8. The average molecular weight is 355 g/mol. The summed E-state index contributed by atoms with van der Waals surface area (Å²) in [5.41, 5.74) is 1.34. The van der Waals surface area contributed by atoms with Crippen LogP contribution in [-0.2, 0) is 5.75 Å². The van der Waals surface area contributed by atoms with Crippen LogP contribution >= 0.6 is 23.1 Å². The van der Waals surface area contributed by atoms with Gasteiger partial charge in [0.2, 0.25) is 0 Å². The third-order valence-electron chi connectivity index (χ3n) is 3.44. The Morgan fingerprint density at radius 3 is 2.67 bits per heavy atom. The molecule has 1 heterocycles. The number of methoxy groups -OCH3 is 1. The summed E-state index contributed by atoms with van der Waals surface area (Å²) in [5.74, 6) is 1.37. The Morgan fingerprint density at radius 1 is 1.08 bits per heavy atom. The molecule has 0 atom stereocenters. The molecule has 0 aliphatic carbocycles. The number of ether oxygens (including phenoxy) is 1. The summed E-state index contributed by atoms with van der Waals surface area (Å²) in [6, 6.07) is 19.2. The van der Waals surface area contributed by atoms with Crippen LogP contribution in [0.1, 0.15) is 15.2 Å². The highest BCUT2D eigenvalue weighted by Gasteiger charge is 2.13. The van der Waals surface area contributed by atoms with E-state index >= 15 is 0 Å². The van der Waals surface area contributed by atoms with Crippen molar-refractivity contribution < 1.29 is 9.53 Å². The van der Waals surface area contributed by atoms with Crippen LogP contribution in [0.15, 0.2) is 70.9 Å². The number of anilines is 1. The Labute approximate surface area is 149 Å². The smallest absolute Gasteiger partial charge is 0.256 e. The topological polar surface area (TPSA) is 38.3 Å². The number of hydrogen-bond acceptors (Lipinski definition) is 4. The lowest BCUT2D eigenvalue weighted by Crippen LogP contribution is -2.13. The van der Waals surface area contributed by atoms with Crippen LogP contribution in [-0.4, -0.2) is 13.0 Å². The largest absolute Gasteiger partial charge is 0.495 e. The van der Waals surface area contributed by atoms with Crippen LogP contribution in [0.3, 0.4) is 0 Å². The lowest BCUT2D eigenvalue weighted by molar-refractivity contribution is 0.102. The summed E-state index contributed by atoms with van der Waals surface area (Å²) < 4.78 is 5.29. The van der Waals surface area contributed by atoms with Crippen molar-refractivity contribution in [2.75, 3.05) is 12.4 Å². The molecule has 3 rings (SSSR count). The van der Waals surface area contributed by atoms with Crippen molar-refractivity contribution in [3.05, 3.63) is 76.5 Å². The quantitative estimate of drug-likeness (QED) is 0.610. The van der Waals surface area contributed by atoms with Crippen molar-refractivity contribution in [1.82, 2.24) is 0 Å². The van der Waals surface area contributed by atoms with E-state index in [1.807, 2.05) is 54.6 Å². The summed E-state index contributed by atoms with van der Waals surface area (Å²) in [5, 5.41) is 5.00. The molecule has 1 amide bonds. The fourth-order valence-electron chi connectivity index (χ4n) is 2.26. The first-order valence-electron chi connectivity index (χ1n) is 7.46. The molecule has 1 aromatic heterocycles. The first kappa shape index (κ1) is 16.6. The minimum Gasteiger partial charge on any atom is -0.495 e. The van der Waals surface area contributed by atoms with Crippen molar-refractivity contribution in [3.63, 3.8) is 0 Å². The highest BCUT2D eigenvalue weighted by atomic mass is 32.2. The van der Waals surface area contributed by atoms with Gasteiger partial charge in [-0.05, 0) is 35.7 Å². The fraction of sp³-hybridized carbons (Fsp3) is 0.105. The van der Waals surface area contributed by atoms with Crippen molar-refractivity contribution in [2.45, 2.75) is 10.6 Å². The Hall–Kier alpha value is -2.24. The molecular weight excluding hydrogens is 338 g/mol. The van der Waals surface area contributed by atoms with Gasteiger partial charge < -0.3 is 10.1 Å². The third-order valence-corrected chi connectivity index (χ3v) is 5.62. The van der Waals surface area contributed by atoms with Crippen molar-refractivity contribution >= 4 is 34.7 Å². The van der Waals surface area contributed by atoms with Crippen molar-refractivity contribution in [2.24, 2.45) is 0 Å². The molecule has 3 nitrogen and oxygen atoms in total. The Balaban J connectivity index is 1.77. The highest BCUT2D eigenvalue weighted by molar-refractivity contribution is 7.98. The number of thiophene rings is 1. The number of hydrogen-bond donors (Lipinski definition) is 1. The molecule has 0 spiro atoms. The van der Waals surface area contributed by atoms with Gasteiger partial charge in [0, 0.05) is 15.5 Å². The predicted molar refractivity (Wildman–Crippen MR) is 101 cm³/mol. The lowest BCUT2D eigenvalue weighted by atomic mass is 10.2. The van der Waals surface area contributed by atoms with E-state index in [2.05, 4.69) is 16.8 Å². The van der Waals surface area contributed by atoms with E-state index in [0.29, 0.717) is 17.0 Å². The zero-order valence-electron chi connectivity index (χ0n) is 13.2. The van der Waals surface area contributed by atoms with Gasteiger partial charge in [0.25, 0.3) is 5.91 Å². The van der Waals surface area contributed by atoms with Crippen molar-refractivity contribution in [3.8, 4) is 5.75 Å². The maximum Gasteiger partial charge on any atom is 0.256 e. The van der Waals surface area contributed by atoms with E-state index in [4.69, 9.17) is 4.74 Å². The number of benzene rings is 2. The molecule has 0 aliphatic rings. The molecule has 0 radical (unpaired) electrons. The maximum atomic E-state index is 12.7. The van der Waals surface area contributed by atoms with Gasteiger partial charge in [-0.1, -0.05) is 30.3 Å². The highest BCUT2D eigenvalue weighted by Crippen LogP contribution is 2.29. The van der Waals surface area contributed by atoms with E-state index in [9.17, 15) is 4.79 Å². The van der Waals surface area contributed by atoms with Gasteiger partial charge in [-0.3, -0.25) is 4.79 Å². The molecular formula is C19H17NO2S2. The molecule has 0 saturated heterocycles. The summed E-state index contributed by atoms with van der Waals surface area (Å²) in [7, 11) is 1.59. The van der Waals surface area contributed by atoms with E-state index < -0.39 is 0 Å². The van der Waals surface area contributed by atoms with Crippen LogP contribution in [0.5, 0.6) is 5.75 Å². The lowest BCUT2D eigenvalue weighted by Gasteiger charge is -2.12. The third kappa shape index (κ3) is 3.99. The minimum absolute atomic E-state index is 0.131. The van der Waals surface area contributed by atoms with Crippen LogP contribution < -0.4 is 10.1 Å². The van der Waals surface area contributed by atoms with Gasteiger partial charge in [0.1, 0.15) is 5.75 Å². The summed E-state index contributed by atoms with van der Waals surface area (Å²) in [6.45, 7) is 0. The fourth-order valence-corrected chi connectivity index (χ4v) is 4.08. The molecule has 5 heteroatoms. The summed E-state index contributed by atoms with van der Waals surface area (Å²) in [4.78, 5) is 14.9. The van der Waals surface area contributed by atoms with Gasteiger partial charge in [-0.25, -0.2) is 0 Å². The number of carbonyl (C=O) groups excluding carboxylic acids is 1. The van der Waals surface area contributed by atoms with E-state index in [0.717, 1.165) is 10.6 Å². The first-order valence-corrected chi connectivity index (χ1v) is 9.33. The molecule has 0 unspecified atom stereocenters. The Bertz CT molecular complexity index is 816. The van der Waals surface area contributed by atoms with Gasteiger partial charge in [0.05, 0.1) is 18.4 Å². The van der Waals surface area contributed by atoms with Crippen molar-refractivity contribution in [1.29, 1.82) is 0 Å². The molecule has 0 saturated carbocycles. The number of para-hydroxylation sites is 2. The van der Waals surface area contributed by atoms with Gasteiger partial charge in [-0.15, -0.1) is 23.1 Å². The maximum absolute atomic E-state index is 12.7. The van der Waals surface area contributed by atoms with Crippen LogP contribution in [0.2, 0.25) is 0 Å². The molecule has 0 bridgehead atoms. The van der Waals surface area contributed by atoms with Gasteiger partial charge in [-0.2, -0.15) is 0 Å². The number of nitrogens with one attached hydrogen (secondary N) is 1. The Kier molecular flexibility index (Phi) is 5.56. The summed E-state index contributed by atoms with van der Waals surface area (Å²) >= 11 is 3.40. The second kappa shape index (κ2) is 8.04. The van der Waals surface area contributed by atoms with E-state index in [-0.39, 0.29) is 5.91 Å². The minimum atomic E-state index is -0.131. The van der Waals surface area contributed by atoms with Gasteiger partial charge in [0.15, 0.2) is 0 Å². The second-order valence-corrected chi connectivity index (χ2v) is 7.07. The monoisotopic (exact) mass is 355 g/mol. The van der Waals surface area contributed by atoms with E-state index in [1.54, 1.807) is 30.2 Å². The standard InChI is InChI=1S/C19H17NO2S2/c1-22-17-10-4-3-9-16(17)20-19(21)15-8-2-5-11-18(15)24-13-14-7-6-12-23-14/h2-12H,13H2,1H3,(H,20,21). The molecule has 122 valence electrons. The molecule has 2 aromatic carbocycles. The molecule has 0 fully saturated rings. The average Bonchev–Trinajstić information content (AvgIpc) is 3.14. The second-order valence-electron chi connectivity index (χ2n) is 5.02. The summed E-state index contributed by atoms with van der Waals surface area (Å²) in [6.07, 6.45) is 0. The van der Waals surface area contributed by atoms with Gasteiger partial charge >= 0.3 is 0 Å². The Morgan fingerprint density at radius 2 is 1.88 bits per heavy atom. The van der Waals surface area contributed by atoms with Crippen LogP contribution in [0, 0.1) is 0 Å². The van der Waals surface area contributed by atoms with E-state index in [1.165, 1.54) is 4.88 Å². The normalized spacial score (nSPS) is 10.4. The van der Waals surface area contributed by atoms with Crippen LogP contribution in [0.25, 0.3) is 0 Å². The molecule has 1 N–H and O–H groups in total. The number of carbonyl (C=O) groups is 1. The molecule has 3 aromatic rings.